The lowest BCUT2D eigenvalue weighted by molar-refractivity contribution is -0.109. The van der Waals surface area contributed by atoms with Gasteiger partial charge in [0, 0.05) is 6.07 Å². The van der Waals surface area contributed by atoms with Gasteiger partial charge in [-0.05, 0) is 44.4 Å². The van der Waals surface area contributed by atoms with Gasteiger partial charge >= 0.3 is 0 Å². The Bertz CT molecular complexity index is 740. The van der Waals surface area contributed by atoms with E-state index < -0.39 is 6.04 Å². The predicted octanol–water partition coefficient (Wildman–Crippen LogP) is 3.46. The molecule has 1 aliphatic rings. The number of rotatable bonds is 1. The summed E-state index contributed by atoms with van der Waals surface area (Å²) in [6.45, 7) is 6.46. The van der Waals surface area contributed by atoms with Crippen LogP contribution in [0.15, 0.2) is 30.3 Å². The number of fused-ring (bicyclic) bond motifs is 4. The van der Waals surface area contributed by atoms with Gasteiger partial charge in [0.15, 0.2) is 0 Å². The number of nitrogens with one attached hydrogen (secondary N) is 1. The molecule has 2 heterocycles. The maximum atomic E-state index is 12.6. The molecule has 1 unspecified atom stereocenters. The van der Waals surface area contributed by atoms with Crippen molar-refractivity contribution in [2.24, 2.45) is 0 Å². The normalized spacial score (nSPS) is 17.5. The molecule has 1 N–H and O–H groups in total. The average molecular weight is 357 g/mol. The molecule has 6 nitrogen and oxygen atoms in total. The Morgan fingerprint density at radius 1 is 1.23 bits per heavy atom. The summed E-state index contributed by atoms with van der Waals surface area (Å²) >= 11 is 0. The molecule has 3 rings (SSSR count). The first kappa shape index (κ1) is 19.7. The molecule has 0 fully saturated rings. The molecule has 0 radical (unpaired) electrons. The van der Waals surface area contributed by atoms with Crippen molar-refractivity contribution in [2.75, 3.05) is 6.61 Å². The number of aldehydes is 1. The van der Waals surface area contributed by atoms with Crippen molar-refractivity contribution in [2.45, 2.75) is 52.5 Å². The topological polar surface area (TPSA) is 73.2 Å². The van der Waals surface area contributed by atoms with Crippen LogP contribution in [-0.4, -0.2) is 34.6 Å². The highest BCUT2D eigenvalue weighted by Crippen LogP contribution is 2.20. The van der Waals surface area contributed by atoms with E-state index in [4.69, 9.17) is 4.74 Å². The molecule has 26 heavy (non-hydrogen) atoms. The average Bonchev–Trinajstić information content (AvgIpc) is 3.06. The largest absolute Gasteiger partial charge is 0.494 e. The summed E-state index contributed by atoms with van der Waals surface area (Å²) in [5.74, 6) is 0.464. The fourth-order valence-corrected chi connectivity index (χ4v) is 2.81. The van der Waals surface area contributed by atoms with Crippen molar-refractivity contribution in [1.82, 2.24) is 15.1 Å². The monoisotopic (exact) mass is 357 g/mol. The highest BCUT2D eigenvalue weighted by Gasteiger charge is 2.19. The van der Waals surface area contributed by atoms with Gasteiger partial charge in [0.25, 0.3) is 5.91 Å². The highest BCUT2D eigenvalue weighted by atomic mass is 16.5. The molecular formula is C20H27N3O3. The van der Waals surface area contributed by atoms with Gasteiger partial charge in [-0.3, -0.25) is 4.79 Å². The molecule has 6 heteroatoms. The van der Waals surface area contributed by atoms with Crippen molar-refractivity contribution in [3.63, 3.8) is 0 Å². The molecule has 2 bridgehead atoms. The first-order chi connectivity index (χ1) is 12.7. The molecule has 0 saturated carbocycles. The Kier molecular flexibility index (Phi) is 7.38. The fraction of sp³-hybridized carbons (Fsp3) is 0.450. The number of nitrogens with zero attached hydrogens (tertiary/aromatic N) is 2. The summed E-state index contributed by atoms with van der Waals surface area (Å²) in [5, 5.41) is 7.21. The van der Waals surface area contributed by atoms with Crippen LogP contribution < -0.4 is 10.1 Å². The lowest BCUT2D eigenvalue weighted by Gasteiger charge is -2.15. The Morgan fingerprint density at radius 2 is 2.04 bits per heavy atom. The molecule has 1 aromatic carbocycles. The van der Waals surface area contributed by atoms with Crippen molar-refractivity contribution < 1.29 is 14.3 Å². The van der Waals surface area contributed by atoms with Crippen LogP contribution in [0, 0.1) is 6.92 Å². The zero-order valence-electron chi connectivity index (χ0n) is 15.7. The summed E-state index contributed by atoms with van der Waals surface area (Å²) < 4.78 is 7.37. The van der Waals surface area contributed by atoms with E-state index in [1.165, 1.54) is 0 Å². The van der Waals surface area contributed by atoms with E-state index in [1.807, 2.05) is 45.0 Å². The first-order valence-corrected chi connectivity index (χ1v) is 9.23. The molecule has 1 atom stereocenters. The van der Waals surface area contributed by atoms with Crippen LogP contribution in [0.4, 0.5) is 0 Å². The van der Waals surface area contributed by atoms with Gasteiger partial charge in [-0.25, -0.2) is 4.68 Å². The van der Waals surface area contributed by atoms with Crippen LogP contribution in [0.1, 0.15) is 55.7 Å². The fourth-order valence-electron chi connectivity index (χ4n) is 2.81. The van der Waals surface area contributed by atoms with Crippen LogP contribution in [0.2, 0.25) is 0 Å². The number of hydrogen-bond donors (Lipinski definition) is 1. The smallest absolute Gasteiger partial charge is 0.270 e. The van der Waals surface area contributed by atoms with Crippen molar-refractivity contribution in [3.8, 4) is 11.4 Å². The molecule has 0 spiro atoms. The number of aryl methyl sites for hydroxylation is 1. The van der Waals surface area contributed by atoms with Crippen LogP contribution in [0.5, 0.6) is 5.75 Å². The molecule has 1 aromatic heterocycles. The summed E-state index contributed by atoms with van der Waals surface area (Å²) in [6, 6.07) is 8.76. The van der Waals surface area contributed by atoms with E-state index in [0.29, 0.717) is 18.7 Å². The SMILES string of the molecule is CC.Cc1cc2n(n1)-c1cccc(c1)OCCCCCC(C=O)NC2=O. The van der Waals surface area contributed by atoms with E-state index >= 15 is 0 Å². The number of hydrogen-bond acceptors (Lipinski definition) is 4. The van der Waals surface area contributed by atoms with E-state index in [-0.39, 0.29) is 5.91 Å². The highest BCUT2D eigenvalue weighted by molar-refractivity contribution is 5.94. The standard InChI is InChI=1S/C18H21N3O3.C2H6/c1-13-10-17-18(23)19-14(12-22)6-3-2-4-9-24-16-8-5-7-15(11-16)21(17)20-13;1-2/h5,7-8,10-12,14H,2-4,6,9H2,1H3,(H,19,23);1-2H3. The lowest BCUT2D eigenvalue weighted by atomic mass is 10.1. The van der Waals surface area contributed by atoms with Gasteiger partial charge in [-0.2, -0.15) is 5.10 Å². The van der Waals surface area contributed by atoms with Gasteiger partial charge in [0.2, 0.25) is 0 Å². The van der Waals surface area contributed by atoms with Gasteiger partial charge < -0.3 is 14.8 Å². The number of ether oxygens (including phenoxy) is 1. The summed E-state index contributed by atoms with van der Waals surface area (Å²) in [4.78, 5) is 23.8. The number of carbonyl (C=O) groups excluding carboxylic acids is 2. The van der Waals surface area contributed by atoms with Crippen LogP contribution in [0.25, 0.3) is 5.69 Å². The summed E-state index contributed by atoms with van der Waals surface area (Å²) in [7, 11) is 0. The molecule has 1 aliphatic heterocycles. The molecule has 0 aliphatic carbocycles. The Labute approximate surface area is 154 Å². The number of benzene rings is 1. The lowest BCUT2D eigenvalue weighted by Crippen LogP contribution is -2.37. The van der Waals surface area contributed by atoms with Crippen molar-refractivity contribution in [1.29, 1.82) is 0 Å². The maximum Gasteiger partial charge on any atom is 0.270 e. The number of amides is 1. The zero-order chi connectivity index (χ0) is 18.9. The minimum Gasteiger partial charge on any atom is -0.494 e. The zero-order valence-corrected chi connectivity index (χ0v) is 15.7. The second-order valence-corrected chi connectivity index (χ2v) is 5.99. The third-order valence-electron chi connectivity index (χ3n) is 4.04. The van der Waals surface area contributed by atoms with Crippen molar-refractivity contribution >= 4 is 12.2 Å². The third kappa shape index (κ3) is 4.94. The van der Waals surface area contributed by atoms with Gasteiger partial charge in [0.1, 0.15) is 17.7 Å². The Balaban J connectivity index is 0.00000117. The number of aromatic nitrogens is 2. The molecule has 2 aromatic rings. The second-order valence-electron chi connectivity index (χ2n) is 5.99. The van der Waals surface area contributed by atoms with Crippen LogP contribution in [-0.2, 0) is 4.79 Å². The minimum absolute atomic E-state index is 0.295. The summed E-state index contributed by atoms with van der Waals surface area (Å²) in [6.07, 6.45) is 4.17. The first-order valence-electron chi connectivity index (χ1n) is 9.23. The van der Waals surface area contributed by atoms with Gasteiger partial charge in [-0.15, -0.1) is 0 Å². The summed E-state index contributed by atoms with van der Waals surface area (Å²) in [5.41, 5.74) is 1.90. The maximum absolute atomic E-state index is 12.6. The molecule has 1 amide bonds. The predicted molar refractivity (Wildman–Crippen MR) is 101 cm³/mol. The minimum atomic E-state index is -0.476. The number of carbonyl (C=O) groups is 2. The molecule has 0 saturated heterocycles. The Morgan fingerprint density at radius 3 is 2.81 bits per heavy atom. The van der Waals surface area contributed by atoms with E-state index in [9.17, 15) is 9.59 Å². The Hall–Kier alpha value is -2.63. The third-order valence-corrected chi connectivity index (χ3v) is 4.04. The van der Waals surface area contributed by atoms with E-state index in [0.717, 1.165) is 42.7 Å². The quantitative estimate of drug-likeness (QED) is 0.793. The van der Waals surface area contributed by atoms with Gasteiger partial charge in [0.05, 0.1) is 24.0 Å². The van der Waals surface area contributed by atoms with E-state index in [1.54, 1.807) is 10.7 Å². The van der Waals surface area contributed by atoms with Gasteiger partial charge in [-0.1, -0.05) is 26.3 Å². The molecular weight excluding hydrogens is 330 g/mol. The van der Waals surface area contributed by atoms with Crippen molar-refractivity contribution in [3.05, 3.63) is 41.7 Å². The second kappa shape index (κ2) is 9.75. The molecule has 140 valence electrons. The van der Waals surface area contributed by atoms with Crippen LogP contribution >= 0.6 is 0 Å². The van der Waals surface area contributed by atoms with E-state index in [2.05, 4.69) is 10.4 Å². The van der Waals surface area contributed by atoms with Crippen LogP contribution in [0.3, 0.4) is 0 Å².